The minimum Gasteiger partial charge on any atom is -0.368 e. The van der Waals surface area contributed by atoms with E-state index < -0.39 is 23.9 Å². The minimum atomic E-state index is -4.55. The molecule has 1 atom stereocenters. The van der Waals surface area contributed by atoms with Gasteiger partial charge in [0.15, 0.2) is 5.82 Å². The molecule has 175 valence electrons. The molecule has 2 aliphatic heterocycles. The van der Waals surface area contributed by atoms with Gasteiger partial charge in [0.1, 0.15) is 16.7 Å². The zero-order valence-corrected chi connectivity index (χ0v) is 18.7. The molecule has 0 bridgehead atoms. The summed E-state index contributed by atoms with van der Waals surface area (Å²) < 4.78 is 40.8. The van der Waals surface area contributed by atoms with Gasteiger partial charge < -0.3 is 20.1 Å². The van der Waals surface area contributed by atoms with E-state index in [-0.39, 0.29) is 18.9 Å². The van der Waals surface area contributed by atoms with E-state index in [0.717, 1.165) is 32.5 Å². The van der Waals surface area contributed by atoms with Crippen molar-refractivity contribution in [3.63, 3.8) is 0 Å². The predicted octanol–water partition coefficient (Wildman–Crippen LogP) is 2.54. The van der Waals surface area contributed by atoms with Gasteiger partial charge in [-0.2, -0.15) is 18.2 Å². The summed E-state index contributed by atoms with van der Waals surface area (Å²) in [6.07, 6.45) is -0.167. The fraction of sp³-hybridized carbons (Fsp3) is 0.500. The number of primary amides is 1. The molecule has 1 amide bonds. The number of rotatable bonds is 5. The molecule has 0 aliphatic carbocycles. The molecular formula is C20H22F3N8OS. The SMILES string of the molecule is CCCc1cc2c(N3CCn4c(nnc4C(F)(F)F)C3)nc(N3CC[CH][C@H]3C(N)=O)nc2s1. The van der Waals surface area contributed by atoms with Crippen LogP contribution in [0.25, 0.3) is 10.2 Å². The topological polar surface area (TPSA) is 106 Å². The van der Waals surface area contributed by atoms with Crippen LogP contribution in [0.2, 0.25) is 0 Å². The van der Waals surface area contributed by atoms with Crippen molar-refractivity contribution in [2.45, 2.75) is 51.5 Å². The van der Waals surface area contributed by atoms with Crippen LogP contribution in [0.5, 0.6) is 0 Å². The lowest BCUT2D eigenvalue weighted by atomic mass is 10.2. The van der Waals surface area contributed by atoms with Gasteiger partial charge in [-0.3, -0.25) is 4.79 Å². The number of anilines is 2. The van der Waals surface area contributed by atoms with Crippen molar-refractivity contribution >= 4 is 39.2 Å². The second-order valence-electron chi connectivity index (χ2n) is 8.10. The van der Waals surface area contributed by atoms with E-state index >= 15 is 0 Å². The third-order valence-corrected chi connectivity index (χ3v) is 6.95. The molecule has 13 heteroatoms. The summed E-state index contributed by atoms with van der Waals surface area (Å²) in [5.74, 6) is -0.213. The van der Waals surface area contributed by atoms with Crippen molar-refractivity contribution in [3.8, 4) is 0 Å². The summed E-state index contributed by atoms with van der Waals surface area (Å²) in [7, 11) is 0. The van der Waals surface area contributed by atoms with Gasteiger partial charge in [-0.25, -0.2) is 4.98 Å². The maximum absolute atomic E-state index is 13.2. The number of amides is 1. The molecule has 0 unspecified atom stereocenters. The first-order chi connectivity index (χ1) is 15.8. The molecule has 2 N–H and O–H groups in total. The molecule has 3 aromatic heterocycles. The average Bonchev–Trinajstić information content (AvgIpc) is 3.49. The summed E-state index contributed by atoms with van der Waals surface area (Å²) in [6, 6.07) is 1.45. The Labute approximate surface area is 191 Å². The van der Waals surface area contributed by atoms with E-state index in [2.05, 4.69) is 17.1 Å². The van der Waals surface area contributed by atoms with Crippen molar-refractivity contribution in [1.29, 1.82) is 0 Å². The van der Waals surface area contributed by atoms with Crippen LogP contribution in [0.1, 0.15) is 36.3 Å². The third-order valence-electron chi connectivity index (χ3n) is 5.86. The van der Waals surface area contributed by atoms with Crippen LogP contribution in [0, 0.1) is 6.42 Å². The third kappa shape index (κ3) is 3.87. The Balaban J connectivity index is 1.56. The molecule has 0 spiro atoms. The molecule has 0 saturated carbocycles. The zero-order chi connectivity index (χ0) is 23.3. The average molecular weight is 480 g/mol. The van der Waals surface area contributed by atoms with Crippen LogP contribution in [-0.4, -0.2) is 49.8 Å². The Bertz CT molecular complexity index is 1210. The normalized spacial score (nSPS) is 18.8. The van der Waals surface area contributed by atoms with Crippen LogP contribution in [0.3, 0.4) is 0 Å². The molecular weight excluding hydrogens is 457 g/mol. The van der Waals surface area contributed by atoms with Crippen LogP contribution in [0.15, 0.2) is 6.07 Å². The van der Waals surface area contributed by atoms with E-state index in [1.54, 1.807) is 16.2 Å². The van der Waals surface area contributed by atoms with Crippen LogP contribution < -0.4 is 15.5 Å². The molecule has 33 heavy (non-hydrogen) atoms. The summed E-state index contributed by atoms with van der Waals surface area (Å²) in [5.41, 5.74) is 5.57. The molecule has 3 aromatic rings. The van der Waals surface area contributed by atoms with E-state index in [1.807, 2.05) is 17.4 Å². The lowest BCUT2D eigenvalue weighted by Gasteiger charge is -2.30. The van der Waals surface area contributed by atoms with Gasteiger partial charge in [-0.1, -0.05) is 13.3 Å². The maximum Gasteiger partial charge on any atom is 0.451 e. The first kappa shape index (κ1) is 21.9. The molecule has 1 radical (unpaired) electrons. The molecule has 5 rings (SSSR count). The number of fused-ring (bicyclic) bond motifs is 2. The Morgan fingerprint density at radius 1 is 1.24 bits per heavy atom. The number of carbonyl (C=O) groups excluding carboxylic acids is 1. The van der Waals surface area contributed by atoms with Crippen molar-refractivity contribution in [1.82, 2.24) is 24.7 Å². The highest BCUT2D eigenvalue weighted by Crippen LogP contribution is 2.37. The number of nitrogens with two attached hydrogens (primary N) is 1. The number of thiophene rings is 1. The largest absolute Gasteiger partial charge is 0.451 e. The molecule has 5 heterocycles. The lowest BCUT2D eigenvalue weighted by Crippen LogP contribution is -2.42. The van der Waals surface area contributed by atoms with Crippen LogP contribution >= 0.6 is 11.3 Å². The van der Waals surface area contributed by atoms with Gasteiger partial charge in [0.2, 0.25) is 17.7 Å². The van der Waals surface area contributed by atoms with Crippen molar-refractivity contribution in [3.05, 3.63) is 29.0 Å². The Morgan fingerprint density at radius 2 is 2.06 bits per heavy atom. The quantitative estimate of drug-likeness (QED) is 0.599. The molecule has 2 aliphatic rings. The lowest BCUT2D eigenvalue weighted by molar-refractivity contribution is -0.147. The highest BCUT2D eigenvalue weighted by Gasteiger charge is 2.40. The molecule has 1 saturated heterocycles. The fourth-order valence-corrected chi connectivity index (χ4v) is 5.48. The van der Waals surface area contributed by atoms with Gasteiger partial charge in [-0.15, -0.1) is 21.5 Å². The van der Waals surface area contributed by atoms with Crippen molar-refractivity contribution in [2.75, 3.05) is 22.9 Å². The molecule has 0 aromatic carbocycles. The van der Waals surface area contributed by atoms with Crippen LogP contribution in [0.4, 0.5) is 24.9 Å². The van der Waals surface area contributed by atoms with E-state index in [4.69, 9.17) is 15.7 Å². The van der Waals surface area contributed by atoms with Gasteiger partial charge in [0, 0.05) is 24.5 Å². The smallest absolute Gasteiger partial charge is 0.368 e. The van der Waals surface area contributed by atoms with E-state index in [1.165, 1.54) is 0 Å². The van der Waals surface area contributed by atoms with Gasteiger partial charge in [0.25, 0.3) is 0 Å². The first-order valence-electron chi connectivity index (χ1n) is 10.7. The monoisotopic (exact) mass is 479 g/mol. The summed E-state index contributed by atoms with van der Waals surface area (Å²) >= 11 is 1.56. The number of aryl methyl sites for hydroxylation is 1. The zero-order valence-electron chi connectivity index (χ0n) is 17.8. The van der Waals surface area contributed by atoms with Crippen molar-refractivity contribution in [2.24, 2.45) is 5.73 Å². The number of aromatic nitrogens is 5. The van der Waals surface area contributed by atoms with Gasteiger partial charge in [-0.05, 0) is 25.3 Å². The highest BCUT2D eigenvalue weighted by molar-refractivity contribution is 7.18. The second kappa shape index (κ2) is 8.12. The number of halogens is 3. The highest BCUT2D eigenvalue weighted by atomic mass is 32.1. The van der Waals surface area contributed by atoms with E-state index in [0.29, 0.717) is 31.3 Å². The van der Waals surface area contributed by atoms with Crippen molar-refractivity contribution < 1.29 is 18.0 Å². The summed E-state index contributed by atoms with van der Waals surface area (Å²) in [5, 5.41) is 7.99. The maximum atomic E-state index is 13.2. The number of nitrogens with zero attached hydrogens (tertiary/aromatic N) is 7. The molecule has 1 fully saturated rings. The summed E-state index contributed by atoms with van der Waals surface area (Å²) in [4.78, 5) is 27.0. The van der Waals surface area contributed by atoms with E-state index in [9.17, 15) is 18.0 Å². The predicted molar refractivity (Wildman–Crippen MR) is 117 cm³/mol. The standard InChI is InChI=1S/C20H22F3N8OS/c1-2-4-11-9-12-16(29-7-8-31-14(10-29)27-28-18(31)20(21,22)23)25-19(26-17(12)33-11)30-6-3-5-13(30)15(24)32/h5,9,13H,2-4,6-8,10H2,1H3,(H2,24,32)/t13-/m0/s1. The van der Waals surface area contributed by atoms with Crippen LogP contribution in [-0.2, 0) is 30.5 Å². The van der Waals surface area contributed by atoms with Gasteiger partial charge in [0.05, 0.1) is 11.9 Å². The molecule has 9 nitrogen and oxygen atoms in total. The number of carbonyl (C=O) groups is 1. The number of hydrogen-bond acceptors (Lipinski definition) is 8. The second-order valence-corrected chi connectivity index (χ2v) is 9.22. The first-order valence-corrected chi connectivity index (χ1v) is 11.5. The Morgan fingerprint density at radius 3 is 2.79 bits per heavy atom. The Hall–Kier alpha value is -2.96. The fourth-order valence-electron chi connectivity index (χ4n) is 4.36. The number of alkyl halides is 3. The van der Waals surface area contributed by atoms with Gasteiger partial charge >= 0.3 is 6.18 Å². The minimum absolute atomic E-state index is 0.0887. The number of hydrogen-bond donors (Lipinski definition) is 1. The Kier molecular flexibility index (Phi) is 5.38. The summed E-state index contributed by atoms with van der Waals surface area (Å²) in [6.45, 7) is 3.19.